The minimum Gasteiger partial charge on any atom is -0.497 e. The van der Waals surface area contributed by atoms with Crippen LogP contribution < -0.4 is 10.1 Å². The van der Waals surface area contributed by atoms with E-state index < -0.39 is 10.0 Å². The van der Waals surface area contributed by atoms with E-state index >= 15 is 0 Å². The molecule has 0 saturated carbocycles. The molecule has 0 spiro atoms. The van der Waals surface area contributed by atoms with Crippen LogP contribution in [0.4, 0.5) is 0 Å². The van der Waals surface area contributed by atoms with Gasteiger partial charge in [0, 0.05) is 26.1 Å². The van der Waals surface area contributed by atoms with Crippen molar-refractivity contribution in [1.29, 1.82) is 0 Å². The molecule has 1 amide bonds. The van der Waals surface area contributed by atoms with Crippen LogP contribution >= 0.6 is 0 Å². The van der Waals surface area contributed by atoms with Gasteiger partial charge in [0.05, 0.1) is 13.4 Å². The lowest BCUT2D eigenvalue weighted by molar-refractivity contribution is -0.121. The maximum Gasteiger partial charge on any atom is 0.221 e. The third-order valence-electron chi connectivity index (χ3n) is 3.91. The number of hydrogen-bond acceptors (Lipinski definition) is 4. The van der Waals surface area contributed by atoms with Crippen LogP contribution in [0.5, 0.6) is 5.75 Å². The fraction of sp³-hybridized carbons (Fsp3) is 0.316. The van der Waals surface area contributed by atoms with Crippen LogP contribution in [0.25, 0.3) is 0 Å². The van der Waals surface area contributed by atoms with E-state index in [1.54, 1.807) is 19.2 Å². The average Bonchev–Trinajstić information content (AvgIpc) is 2.63. The third-order valence-corrected chi connectivity index (χ3v) is 5.16. The Kier molecular flexibility index (Phi) is 7.17. The van der Waals surface area contributed by atoms with Crippen molar-refractivity contribution in [1.82, 2.24) is 9.62 Å². The number of carbonyl (C=O) groups excluding carboxylic acids is 1. The minimum atomic E-state index is -3.42. The number of benzene rings is 2. The number of nitrogens with zero attached hydrogens (tertiary/aromatic N) is 1. The van der Waals surface area contributed by atoms with Gasteiger partial charge in [0.15, 0.2) is 0 Å². The standard InChI is InChI=1S/C19H24N2O4S/c1-25-18-10-8-17(9-11-18)15-21(26(2,23)24)13-12-19(22)20-14-16-6-4-3-5-7-16/h3-11H,12-15H2,1-2H3,(H,20,22). The molecule has 0 aromatic heterocycles. The molecule has 2 aromatic rings. The van der Waals surface area contributed by atoms with Gasteiger partial charge in [-0.1, -0.05) is 42.5 Å². The van der Waals surface area contributed by atoms with E-state index in [9.17, 15) is 13.2 Å². The number of ether oxygens (including phenoxy) is 1. The molecule has 0 aliphatic rings. The number of rotatable bonds is 9. The molecule has 140 valence electrons. The van der Waals surface area contributed by atoms with Gasteiger partial charge in [-0.25, -0.2) is 8.42 Å². The summed E-state index contributed by atoms with van der Waals surface area (Å²) in [5.74, 6) is 0.525. The monoisotopic (exact) mass is 376 g/mol. The van der Waals surface area contributed by atoms with Crippen molar-refractivity contribution in [3.05, 3.63) is 65.7 Å². The van der Waals surface area contributed by atoms with Crippen LogP contribution in [0.1, 0.15) is 17.5 Å². The number of amides is 1. The Morgan fingerprint density at radius 1 is 1.04 bits per heavy atom. The summed E-state index contributed by atoms with van der Waals surface area (Å²) in [6.45, 7) is 0.775. The van der Waals surface area contributed by atoms with Crippen LogP contribution in [-0.2, 0) is 27.9 Å². The lowest BCUT2D eigenvalue weighted by atomic mass is 10.2. The van der Waals surface area contributed by atoms with Crippen LogP contribution in [0.2, 0.25) is 0 Å². The van der Waals surface area contributed by atoms with E-state index in [1.165, 1.54) is 4.31 Å². The van der Waals surface area contributed by atoms with Gasteiger partial charge in [-0.2, -0.15) is 4.31 Å². The Bertz CT molecular complexity index is 805. The van der Waals surface area contributed by atoms with Crippen LogP contribution in [0.3, 0.4) is 0 Å². The van der Waals surface area contributed by atoms with Gasteiger partial charge >= 0.3 is 0 Å². The van der Waals surface area contributed by atoms with Crippen molar-refractivity contribution in [2.75, 3.05) is 19.9 Å². The van der Waals surface area contributed by atoms with Crippen molar-refractivity contribution in [2.45, 2.75) is 19.5 Å². The predicted molar refractivity (Wildman–Crippen MR) is 101 cm³/mol. The zero-order valence-corrected chi connectivity index (χ0v) is 15.8. The Morgan fingerprint density at radius 3 is 2.27 bits per heavy atom. The Morgan fingerprint density at radius 2 is 1.69 bits per heavy atom. The summed E-state index contributed by atoms with van der Waals surface area (Å²) in [4.78, 5) is 12.0. The van der Waals surface area contributed by atoms with Gasteiger partial charge in [0.25, 0.3) is 0 Å². The Hall–Kier alpha value is -2.38. The second kappa shape index (κ2) is 9.35. The second-order valence-corrected chi connectivity index (χ2v) is 7.94. The summed E-state index contributed by atoms with van der Waals surface area (Å²) >= 11 is 0. The first-order valence-electron chi connectivity index (χ1n) is 8.27. The van der Waals surface area contributed by atoms with Gasteiger partial charge in [-0.05, 0) is 23.3 Å². The van der Waals surface area contributed by atoms with Crippen LogP contribution in [0, 0.1) is 0 Å². The smallest absolute Gasteiger partial charge is 0.221 e. The molecule has 26 heavy (non-hydrogen) atoms. The topological polar surface area (TPSA) is 75.7 Å². The maximum absolute atomic E-state index is 12.0. The van der Waals surface area contributed by atoms with E-state index in [1.807, 2.05) is 42.5 Å². The van der Waals surface area contributed by atoms with E-state index in [4.69, 9.17) is 4.74 Å². The molecule has 0 aliphatic heterocycles. The zero-order chi connectivity index (χ0) is 19.0. The molecular formula is C19H24N2O4S. The highest BCUT2D eigenvalue weighted by atomic mass is 32.2. The van der Waals surface area contributed by atoms with Crippen molar-refractivity contribution in [3.63, 3.8) is 0 Å². The summed E-state index contributed by atoms with van der Waals surface area (Å²) in [5, 5.41) is 2.81. The summed E-state index contributed by atoms with van der Waals surface area (Å²) in [6.07, 6.45) is 1.26. The molecule has 0 fully saturated rings. The second-order valence-electron chi connectivity index (χ2n) is 5.96. The summed E-state index contributed by atoms with van der Waals surface area (Å²) in [6, 6.07) is 16.8. The van der Waals surface area contributed by atoms with Gasteiger partial charge in [0.1, 0.15) is 5.75 Å². The molecule has 0 aliphatic carbocycles. The van der Waals surface area contributed by atoms with Gasteiger partial charge in [-0.15, -0.1) is 0 Å². The van der Waals surface area contributed by atoms with E-state index in [0.717, 1.165) is 17.4 Å². The van der Waals surface area contributed by atoms with Crippen molar-refractivity contribution >= 4 is 15.9 Å². The van der Waals surface area contributed by atoms with Gasteiger partial charge in [-0.3, -0.25) is 4.79 Å². The molecule has 0 bridgehead atoms. The van der Waals surface area contributed by atoms with Crippen LogP contribution in [0.15, 0.2) is 54.6 Å². The first kappa shape index (κ1) is 19.9. The van der Waals surface area contributed by atoms with Crippen LogP contribution in [-0.4, -0.2) is 38.5 Å². The first-order valence-corrected chi connectivity index (χ1v) is 10.1. The van der Waals surface area contributed by atoms with Gasteiger partial charge in [0.2, 0.25) is 15.9 Å². The lowest BCUT2D eigenvalue weighted by Gasteiger charge is -2.20. The molecule has 1 N–H and O–H groups in total. The molecule has 0 atom stereocenters. The summed E-state index contributed by atoms with van der Waals surface area (Å²) < 4.78 is 30.4. The predicted octanol–water partition coefficient (Wildman–Crippen LogP) is 2.16. The van der Waals surface area contributed by atoms with Crippen molar-refractivity contribution in [3.8, 4) is 5.75 Å². The zero-order valence-electron chi connectivity index (χ0n) is 15.0. The molecule has 6 nitrogen and oxygen atoms in total. The number of carbonyl (C=O) groups is 1. The number of sulfonamides is 1. The van der Waals surface area contributed by atoms with E-state index in [0.29, 0.717) is 12.3 Å². The summed E-state index contributed by atoms with van der Waals surface area (Å²) in [5.41, 5.74) is 1.83. The quantitative estimate of drug-likeness (QED) is 0.728. The van der Waals surface area contributed by atoms with Gasteiger partial charge < -0.3 is 10.1 Å². The fourth-order valence-electron chi connectivity index (χ4n) is 2.41. The largest absolute Gasteiger partial charge is 0.497 e. The first-order chi connectivity index (χ1) is 12.4. The Labute approximate surface area is 154 Å². The molecule has 0 saturated heterocycles. The minimum absolute atomic E-state index is 0.107. The highest BCUT2D eigenvalue weighted by molar-refractivity contribution is 7.88. The normalized spacial score (nSPS) is 11.3. The average molecular weight is 376 g/mol. The number of methoxy groups -OCH3 is 1. The molecule has 2 rings (SSSR count). The SMILES string of the molecule is COc1ccc(CN(CCC(=O)NCc2ccccc2)S(C)(=O)=O)cc1. The number of nitrogens with one attached hydrogen (secondary N) is 1. The highest BCUT2D eigenvalue weighted by Gasteiger charge is 2.18. The molecule has 0 radical (unpaired) electrons. The Balaban J connectivity index is 1.90. The molecule has 0 unspecified atom stereocenters. The molecule has 0 heterocycles. The van der Waals surface area contributed by atoms with Crippen molar-refractivity contribution in [2.24, 2.45) is 0 Å². The third kappa shape index (κ3) is 6.50. The maximum atomic E-state index is 12.0. The van der Waals surface area contributed by atoms with E-state index in [2.05, 4.69) is 5.32 Å². The van der Waals surface area contributed by atoms with Crippen molar-refractivity contribution < 1.29 is 17.9 Å². The lowest BCUT2D eigenvalue weighted by Crippen LogP contribution is -2.34. The number of hydrogen-bond donors (Lipinski definition) is 1. The summed E-state index contributed by atoms with van der Waals surface area (Å²) in [7, 11) is -1.84. The molecular weight excluding hydrogens is 352 g/mol. The molecule has 7 heteroatoms. The fourth-order valence-corrected chi connectivity index (χ4v) is 3.21. The molecule has 2 aromatic carbocycles. The van der Waals surface area contributed by atoms with E-state index in [-0.39, 0.29) is 25.4 Å². The highest BCUT2D eigenvalue weighted by Crippen LogP contribution is 2.14.